The summed E-state index contributed by atoms with van der Waals surface area (Å²) in [5.74, 6) is 0.195. The van der Waals surface area contributed by atoms with Gasteiger partial charge in [-0.2, -0.15) is 5.10 Å². The third-order valence-corrected chi connectivity index (χ3v) is 4.63. The lowest BCUT2D eigenvalue weighted by Gasteiger charge is -2.24. The summed E-state index contributed by atoms with van der Waals surface area (Å²) in [5.41, 5.74) is 1.42. The molecule has 1 aromatic heterocycles. The van der Waals surface area contributed by atoms with E-state index in [0.717, 1.165) is 11.3 Å². The largest absolute Gasteiger partial charge is 0.330 e. The number of carbonyl (C=O) groups is 2. The minimum atomic E-state index is -0.287. The van der Waals surface area contributed by atoms with E-state index in [1.807, 2.05) is 68.8 Å². The molecule has 162 valence electrons. The highest BCUT2D eigenvalue weighted by molar-refractivity contribution is 5.97. The van der Waals surface area contributed by atoms with Gasteiger partial charge in [0.15, 0.2) is 0 Å². The van der Waals surface area contributed by atoms with E-state index in [1.54, 1.807) is 6.08 Å². The van der Waals surface area contributed by atoms with Crippen molar-refractivity contribution in [3.63, 3.8) is 0 Å². The Morgan fingerprint density at radius 1 is 1.10 bits per heavy atom. The van der Waals surface area contributed by atoms with Gasteiger partial charge in [-0.3, -0.25) is 9.59 Å². The lowest BCUT2D eigenvalue weighted by molar-refractivity contribution is -0.130. The maximum Gasteiger partial charge on any atom is 0.247 e. The minimum Gasteiger partial charge on any atom is -0.330 e. The van der Waals surface area contributed by atoms with Crippen LogP contribution in [0, 0.1) is 0 Å². The van der Waals surface area contributed by atoms with Gasteiger partial charge < -0.3 is 10.2 Å². The zero-order chi connectivity index (χ0) is 22.5. The van der Waals surface area contributed by atoms with Crippen molar-refractivity contribution in [3.05, 3.63) is 53.7 Å². The van der Waals surface area contributed by atoms with Crippen molar-refractivity contribution in [1.82, 2.24) is 14.7 Å². The second-order valence-corrected chi connectivity index (χ2v) is 9.39. The molecule has 6 nitrogen and oxygen atoms in total. The van der Waals surface area contributed by atoms with Gasteiger partial charge in [0.05, 0.1) is 11.2 Å². The molecule has 1 aromatic carbocycles. The third-order valence-electron chi connectivity index (χ3n) is 4.63. The number of hydrogen-bond donors (Lipinski definition) is 1. The predicted molar refractivity (Wildman–Crippen MR) is 122 cm³/mol. The number of amides is 2. The van der Waals surface area contributed by atoms with Gasteiger partial charge in [0.1, 0.15) is 12.4 Å². The van der Waals surface area contributed by atoms with Crippen molar-refractivity contribution in [3.8, 4) is 0 Å². The summed E-state index contributed by atoms with van der Waals surface area (Å²) >= 11 is 0. The summed E-state index contributed by atoms with van der Waals surface area (Å²) in [6.07, 6.45) is 3.26. The summed E-state index contributed by atoms with van der Waals surface area (Å²) in [6.45, 7) is 14.7. The van der Waals surface area contributed by atoms with E-state index in [9.17, 15) is 9.59 Å². The van der Waals surface area contributed by atoms with E-state index in [-0.39, 0.29) is 29.3 Å². The Morgan fingerprint density at radius 2 is 1.73 bits per heavy atom. The van der Waals surface area contributed by atoms with E-state index >= 15 is 0 Å². The average Bonchev–Trinajstić information content (AvgIpc) is 3.09. The van der Waals surface area contributed by atoms with Crippen molar-refractivity contribution in [2.45, 2.75) is 59.4 Å². The molecule has 0 saturated heterocycles. The first-order chi connectivity index (χ1) is 13.9. The Bertz CT molecular complexity index is 900. The number of nitrogens with one attached hydrogen (secondary N) is 1. The Morgan fingerprint density at radius 3 is 2.27 bits per heavy atom. The second-order valence-electron chi connectivity index (χ2n) is 9.39. The highest BCUT2D eigenvalue weighted by atomic mass is 16.2. The summed E-state index contributed by atoms with van der Waals surface area (Å²) in [5, 5.41) is 7.66. The van der Waals surface area contributed by atoms with Gasteiger partial charge in [0, 0.05) is 24.1 Å². The van der Waals surface area contributed by atoms with E-state index in [2.05, 4.69) is 26.1 Å². The van der Waals surface area contributed by atoms with E-state index in [0.29, 0.717) is 12.4 Å². The maximum atomic E-state index is 12.7. The van der Waals surface area contributed by atoms with Gasteiger partial charge in [-0.05, 0) is 39.3 Å². The zero-order valence-electron chi connectivity index (χ0n) is 19.2. The molecule has 0 fully saturated rings. The molecule has 0 aliphatic heterocycles. The van der Waals surface area contributed by atoms with Crippen LogP contribution in [-0.4, -0.2) is 39.6 Å². The molecule has 6 heteroatoms. The highest BCUT2D eigenvalue weighted by Gasteiger charge is 2.26. The highest BCUT2D eigenvalue weighted by Crippen LogP contribution is 2.28. The second kappa shape index (κ2) is 9.28. The fourth-order valence-corrected chi connectivity index (χ4v) is 2.89. The van der Waals surface area contributed by atoms with Gasteiger partial charge in [-0.25, -0.2) is 4.68 Å². The molecule has 1 heterocycles. The Hall–Kier alpha value is -2.89. The van der Waals surface area contributed by atoms with Crippen molar-refractivity contribution in [1.29, 1.82) is 0 Å². The van der Waals surface area contributed by atoms with Crippen molar-refractivity contribution < 1.29 is 9.59 Å². The van der Waals surface area contributed by atoms with Crippen LogP contribution in [0.1, 0.15) is 59.7 Å². The summed E-state index contributed by atoms with van der Waals surface area (Å²) in [4.78, 5) is 26.8. The lowest BCUT2D eigenvalue weighted by atomic mass is 9.92. The molecule has 30 heavy (non-hydrogen) atoms. The van der Waals surface area contributed by atoms with Gasteiger partial charge in [0.2, 0.25) is 11.8 Å². The number of anilines is 1. The number of carbonyl (C=O) groups excluding carboxylic acids is 2. The molecular formula is C24H34N4O2. The van der Waals surface area contributed by atoms with Crippen LogP contribution in [-0.2, 0) is 20.5 Å². The van der Waals surface area contributed by atoms with Crippen LogP contribution >= 0.6 is 0 Å². The number of aromatic nitrogens is 2. The third kappa shape index (κ3) is 6.31. The van der Waals surface area contributed by atoms with Crippen LogP contribution in [0.5, 0.6) is 0 Å². The Balaban J connectivity index is 2.12. The SMILES string of the molecule is CCN(CC(=O)Nc1cc(C(C)(C)C)nn1C(C)(C)C)C(=O)/C=C/c1ccccc1. The van der Waals surface area contributed by atoms with E-state index < -0.39 is 0 Å². The molecule has 2 amide bonds. The number of hydrogen-bond acceptors (Lipinski definition) is 3. The molecular weight excluding hydrogens is 376 g/mol. The first kappa shape index (κ1) is 23.4. The molecule has 0 aliphatic carbocycles. The average molecular weight is 411 g/mol. The molecule has 0 aliphatic rings. The maximum absolute atomic E-state index is 12.7. The van der Waals surface area contributed by atoms with Crippen molar-refractivity contribution >= 4 is 23.7 Å². The first-order valence-electron chi connectivity index (χ1n) is 10.3. The van der Waals surface area contributed by atoms with Crippen molar-refractivity contribution in [2.24, 2.45) is 0 Å². The zero-order valence-corrected chi connectivity index (χ0v) is 19.2. The van der Waals surface area contributed by atoms with Crippen LogP contribution in [0.25, 0.3) is 6.08 Å². The van der Waals surface area contributed by atoms with Gasteiger partial charge in [-0.1, -0.05) is 51.1 Å². The molecule has 0 radical (unpaired) electrons. The summed E-state index contributed by atoms with van der Waals surface area (Å²) in [7, 11) is 0. The smallest absolute Gasteiger partial charge is 0.247 e. The van der Waals surface area contributed by atoms with E-state index in [4.69, 9.17) is 5.10 Å². The van der Waals surface area contributed by atoms with Gasteiger partial charge >= 0.3 is 0 Å². The molecule has 2 aromatic rings. The molecule has 0 atom stereocenters. The molecule has 0 saturated carbocycles. The topological polar surface area (TPSA) is 67.2 Å². The standard InChI is InChI=1S/C24H34N4O2/c1-8-27(22(30)15-14-18-12-10-9-11-13-18)17-21(29)25-20-16-19(23(2,3)4)26-28(20)24(5,6)7/h9-16H,8,17H2,1-7H3,(H,25,29)/b15-14+. The quantitative estimate of drug-likeness (QED) is 0.716. The Kier molecular flexibility index (Phi) is 7.24. The number of nitrogens with zero attached hydrogens (tertiary/aromatic N) is 3. The molecule has 1 N–H and O–H groups in total. The normalized spacial score (nSPS) is 12.2. The molecule has 0 spiro atoms. The number of rotatable bonds is 6. The molecule has 0 unspecified atom stereocenters. The van der Waals surface area contributed by atoms with E-state index in [1.165, 1.54) is 11.0 Å². The van der Waals surface area contributed by atoms with Crippen LogP contribution in [0.4, 0.5) is 5.82 Å². The lowest BCUT2D eigenvalue weighted by Crippen LogP contribution is -2.37. The Labute approximate surface area is 180 Å². The van der Waals surface area contributed by atoms with Crippen LogP contribution < -0.4 is 5.32 Å². The minimum absolute atomic E-state index is 0.0192. The van der Waals surface area contributed by atoms with Crippen LogP contribution in [0.15, 0.2) is 42.5 Å². The molecule has 2 rings (SSSR count). The first-order valence-corrected chi connectivity index (χ1v) is 10.3. The van der Waals surface area contributed by atoms with Crippen molar-refractivity contribution in [2.75, 3.05) is 18.4 Å². The fraction of sp³-hybridized carbons (Fsp3) is 0.458. The number of benzene rings is 1. The van der Waals surface area contributed by atoms with Crippen LogP contribution in [0.2, 0.25) is 0 Å². The van der Waals surface area contributed by atoms with Crippen LogP contribution in [0.3, 0.4) is 0 Å². The predicted octanol–water partition coefficient (Wildman–Crippen LogP) is 4.44. The van der Waals surface area contributed by atoms with Gasteiger partial charge in [0.25, 0.3) is 0 Å². The fourth-order valence-electron chi connectivity index (χ4n) is 2.89. The molecule has 0 bridgehead atoms. The number of likely N-dealkylation sites (N-methyl/N-ethyl adjacent to an activating group) is 1. The van der Waals surface area contributed by atoms with Gasteiger partial charge in [-0.15, -0.1) is 0 Å². The summed E-state index contributed by atoms with van der Waals surface area (Å²) in [6, 6.07) is 11.5. The monoisotopic (exact) mass is 410 g/mol. The summed E-state index contributed by atoms with van der Waals surface area (Å²) < 4.78 is 1.83.